The van der Waals surface area contributed by atoms with Gasteiger partial charge in [-0.1, -0.05) is 0 Å². The molecule has 0 aliphatic heterocycles. The van der Waals surface area contributed by atoms with Gasteiger partial charge in [-0.05, 0) is 55.5 Å². The lowest BCUT2D eigenvalue weighted by Gasteiger charge is -2.16. The molecule has 7 nitrogen and oxygen atoms in total. The first-order valence-corrected chi connectivity index (χ1v) is 9.48. The number of halogens is 3. The average molecular weight is 417 g/mol. The van der Waals surface area contributed by atoms with Crippen molar-refractivity contribution in [1.82, 2.24) is 0 Å². The lowest BCUT2D eigenvalue weighted by Crippen LogP contribution is -2.31. The van der Waals surface area contributed by atoms with Crippen molar-refractivity contribution in [2.75, 3.05) is 17.2 Å². The van der Waals surface area contributed by atoms with Crippen LogP contribution in [0.3, 0.4) is 0 Å². The first-order valence-electron chi connectivity index (χ1n) is 7.94. The molecular weight excluding hydrogens is 399 g/mol. The van der Waals surface area contributed by atoms with Gasteiger partial charge >= 0.3 is 6.18 Å². The number of ether oxygens (including phenoxy) is 1. The van der Waals surface area contributed by atoms with E-state index in [-0.39, 0.29) is 10.6 Å². The monoisotopic (exact) mass is 417 g/mol. The van der Waals surface area contributed by atoms with Crippen LogP contribution in [0.2, 0.25) is 0 Å². The number of alkyl halides is 3. The molecule has 2 aromatic carbocycles. The molecule has 0 saturated carbocycles. The smallest absolute Gasteiger partial charge is 0.422 e. The van der Waals surface area contributed by atoms with Crippen LogP contribution in [0, 0.1) is 0 Å². The molecule has 28 heavy (non-hydrogen) atoms. The van der Waals surface area contributed by atoms with Gasteiger partial charge in [-0.2, -0.15) is 13.2 Å². The Morgan fingerprint density at radius 3 is 2.11 bits per heavy atom. The van der Waals surface area contributed by atoms with Crippen LogP contribution in [0.4, 0.5) is 24.5 Å². The normalized spacial score (nSPS) is 12.9. The first kappa shape index (κ1) is 21.5. The first-order chi connectivity index (χ1) is 12.9. The van der Waals surface area contributed by atoms with Crippen molar-refractivity contribution < 1.29 is 31.1 Å². The second-order valence-electron chi connectivity index (χ2n) is 5.85. The fourth-order valence-electron chi connectivity index (χ4n) is 2.11. The molecule has 0 bridgehead atoms. The lowest BCUT2D eigenvalue weighted by atomic mass is 10.2. The number of carbonyl (C=O) groups is 1. The van der Waals surface area contributed by atoms with E-state index in [4.69, 9.17) is 5.14 Å². The minimum absolute atomic E-state index is 0.0509. The minimum Gasteiger partial charge on any atom is -0.484 e. The highest BCUT2D eigenvalue weighted by molar-refractivity contribution is 7.89. The maximum atomic E-state index is 12.2. The predicted molar refractivity (Wildman–Crippen MR) is 97.5 cm³/mol. The van der Waals surface area contributed by atoms with Crippen molar-refractivity contribution in [2.24, 2.45) is 5.14 Å². The third-order valence-corrected chi connectivity index (χ3v) is 4.41. The third-order valence-electron chi connectivity index (χ3n) is 3.48. The lowest BCUT2D eigenvalue weighted by molar-refractivity contribution is -0.153. The summed E-state index contributed by atoms with van der Waals surface area (Å²) >= 11 is 0. The number of sulfonamides is 1. The molecule has 0 radical (unpaired) electrons. The number of nitrogens with one attached hydrogen (secondary N) is 2. The van der Waals surface area contributed by atoms with Crippen LogP contribution in [0.1, 0.15) is 6.92 Å². The van der Waals surface area contributed by atoms with E-state index in [9.17, 15) is 26.4 Å². The number of rotatable bonds is 7. The summed E-state index contributed by atoms with van der Waals surface area (Å²) in [6.07, 6.45) is -4.42. The van der Waals surface area contributed by atoms with Crippen LogP contribution >= 0.6 is 0 Å². The van der Waals surface area contributed by atoms with E-state index in [1.54, 1.807) is 6.92 Å². The maximum Gasteiger partial charge on any atom is 0.422 e. The summed E-state index contributed by atoms with van der Waals surface area (Å²) in [5.74, 6) is -0.351. The fraction of sp³-hybridized carbons (Fsp3) is 0.235. The van der Waals surface area contributed by atoms with Crippen LogP contribution in [-0.2, 0) is 14.8 Å². The van der Waals surface area contributed by atoms with Gasteiger partial charge in [0.25, 0.3) is 0 Å². The third kappa shape index (κ3) is 6.74. The van der Waals surface area contributed by atoms with E-state index in [0.29, 0.717) is 11.4 Å². The van der Waals surface area contributed by atoms with Crippen LogP contribution in [0.25, 0.3) is 0 Å². The van der Waals surface area contributed by atoms with Gasteiger partial charge in [0, 0.05) is 11.4 Å². The minimum atomic E-state index is -4.42. The van der Waals surface area contributed by atoms with Crippen LogP contribution in [0.5, 0.6) is 5.75 Å². The molecule has 0 unspecified atom stereocenters. The van der Waals surface area contributed by atoms with Gasteiger partial charge in [-0.25, -0.2) is 13.6 Å². The number of carbonyl (C=O) groups excluding carboxylic acids is 1. The van der Waals surface area contributed by atoms with Crippen molar-refractivity contribution in [2.45, 2.75) is 24.0 Å². The molecule has 4 N–H and O–H groups in total. The van der Waals surface area contributed by atoms with Crippen LogP contribution < -0.4 is 20.5 Å². The Bertz CT molecular complexity index is 914. The molecule has 0 aliphatic carbocycles. The Balaban J connectivity index is 1.91. The summed E-state index contributed by atoms with van der Waals surface area (Å²) in [6.45, 7) is 0.199. The molecule has 2 aromatic rings. The zero-order valence-electron chi connectivity index (χ0n) is 14.7. The Hall–Kier alpha value is -2.79. The molecule has 2 rings (SSSR count). The fourth-order valence-corrected chi connectivity index (χ4v) is 2.62. The van der Waals surface area contributed by atoms with Gasteiger partial charge < -0.3 is 15.4 Å². The number of hydrogen-bond acceptors (Lipinski definition) is 5. The highest BCUT2D eigenvalue weighted by Gasteiger charge is 2.28. The molecule has 11 heteroatoms. The van der Waals surface area contributed by atoms with Crippen molar-refractivity contribution in [3.8, 4) is 5.75 Å². The second kappa shape index (κ2) is 8.48. The largest absolute Gasteiger partial charge is 0.484 e. The Labute approximate surface area is 159 Å². The molecule has 0 aliphatic rings. The van der Waals surface area contributed by atoms with E-state index < -0.39 is 34.8 Å². The van der Waals surface area contributed by atoms with Crippen molar-refractivity contribution in [1.29, 1.82) is 0 Å². The van der Waals surface area contributed by atoms with Crippen molar-refractivity contribution >= 4 is 27.3 Å². The van der Waals surface area contributed by atoms with Gasteiger partial charge in [0.15, 0.2) is 6.61 Å². The number of hydrogen-bond donors (Lipinski definition) is 3. The number of anilines is 2. The van der Waals surface area contributed by atoms with Gasteiger partial charge in [0.05, 0.1) is 4.90 Å². The van der Waals surface area contributed by atoms with E-state index >= 15 is 0 Å². The summed E-state index contributed by atoms with van der Waals surface area (Å²) < 4.78 is 63.4. The summed E-state index contributed by atoms with van der Waals surface area (Å²) in [7, 11) is -3.82. The molecule has 0 saturated heterocycles. The number of nitrogens with two attached hydrogens (primary N) is 1. The summed E-state index contributed by atoms with van der Waals surface area (Å²) in [4.78, 5) is 12.1. The van der Waals surface area contributed by atoms with Crippen molar-refractivity contribution in [3.63, 3.8) is 0 Å². The van der Waals surface area contributed by atoms with E-state index in [1.807, 2.05) is 0 Å². The highest BCUT2D eigenvalue weighted by atomic mass is 32.2. The SMILES string of the molecule is C[C@@H](Nc1ccc(OCC(F)(F)F)cc1)C(=O)Nc1ccc(S(N)(=O)=O)cc1. The number of primary sulfonamides is 1. The van der Waals surface area contributed by atoms with Crippen LogP contribution in [-0.4, -0.2) is 33.1 Å². The Morgan fingerprint density at radius 1 is 1.07 bits per heavy atom. The quantitative estimate of drug-likeness (QED) is 0.642. The summed E-state index contributed by atoms with van der Waals surface area (Å²) in [5.41, 5.74) is 0.883. The van der Waals surface area contributed by atoms with Gasteiger partial charge in [0.2, 0.25) is 15.9 Å². The van der Waals surface area contributed by atoms with Crippen molar-refractivity contribution in [3.05, 3.63) is 48.5 Å². The molecule has 152 valence electrons. The predicted octanol–water partition coefficient (Wildman–Crippen LogP) is 2.71. The molecule has 0 fully saturated rings. The summed E-state index contributed by atoms with van der Waals surface area (Å²) in [6, 6.07) is 10.3. The van der Waals surface area contributed by atoms with Gasteiger partial charge in [-0.3, -0.25) is 4.79 Å². The Kier molecular flexibility index (Phi) is 6.52. The standard InChI is InChI=1S/C17H18F3N3O4S/c1-11(16(24)23-13-4-8-15(9-5-13)28(21,25)26)22-12-2-6-14(7-3-12)27-10-17(18,19)20/h2-9,11,22H,10H2,1H3,(H,23,24)(H2,21,25,26)/t11-/m1/s1. The number of amides is 1. The molecule has 0 heterocycles. The maximum absolute atomic E-state index is 12.2. The van der Waals surface area contributed by atoms with Gasteiger partial charge in [-0.15, -0.1) is 0 Å². The van der Waals surface area contributed by atoms with Crippen LogP contribution in [0.15, 0.2) is 53.4 Å². The van der Waals surface area contributed by atoms with Gasteiger partial charge in [0.1, 0.15) is 11.8 Å². The second-order valence-corrected chi connectivity index (χ2v) is 7.41. The zero-order chi connectivity index (χ0) is 20.9. The highest BCUT2D eigenvalue weighted by Crippen LogP contribution is 2.21. The summed E-state index contributed by atoms with van der Waals surface area (Å²) in [5, 5.41) is 10.5. The molecular formula is C17H18F3N3O4S. The average Bonchev–Trinajstić information content (AvgIpc) is 2.60. The number of benzene rings is 2. The van der Waals surface area contributed by atoms with E-state index in [2.05, 4.69) is 15.4 Å². The Morgan fingerprint density at radius 2 is 1.61 bits per heavy atom. The molecule has 0 aromatic heterocycles. The van der Waals surface area contributed by atoms with E-state index in [1.165, 1.54) is 48.5 Å². The molecule has 0 spiro atoms. The molecule has 1 amide bonds. The topological polar surface area (TPSA) is 111 Å². The van der Waals surface area contributed by atoms with E-state index in [0.717, 1.165) is 0 Å². The zero-order valence-corrected chi connectivity index (χ0v) is 15.5. The molecule has 1 atom stereocenters.